The van der Waals surface area contributed by atoms with Gasteiger partial charge in [0, 0.05) is 6.54 Å². The third-order valence-corrected chi connectivity index (χ3v) is 3.22. The predicted molar refractivity (Wildman–Crippen MR) is 67.3 cm³/mol. The molecular weight excluding hydrogens is 273 g/mol. The van der Waals surface area contributed by atoms with E-state index in [1.54, 1.807) is 0 Å². The summed E-state index contributed by atoms with van der Waals surface area (Å²) in [6.07, 6.45) is -4.79. The molecule has 0 aliphatic carbocycles. The highest BCUT2D eigenvalue weighted by Gasteiger charge is 2.33. The van der Waals surface area contributed by atoms with Crippen LogP contribution in [0.5, 0.6) is 5.75 Å². The average molecular weight is 288 g/mol. The van der Waals surface area contributed by atoms with Gasteiger partial charge in [0.05, 0.1) is 11.6 Å². The van der Waals surface area contributed by atoms with E-state index >= 15 is 0 Å². The maximum absolute atomic E-state index is 12.3. The van der Waals surface area contributed by atoms with E-state index in [1.807, 2.05) is 6.92 Å². The number of hydrogen-bond donors (Lipinski definition) is 2. The highest BCUT2D eigenvalue weighted by Crippen LogP contribution is 2.30. The Morgan fingerprint density at radius 2 is 2.05 bits per heavy atom. The molecule has 1 saturated heterocycles. The molecule has 2 rings (SSSR count). The Bertz CT molecular complexity index is 491. The Morgan fingerprint density at radius 1 is 1.35 bits per heavy atom. The third kappa shape index (κ3) is 3.63. The minimum absolute atomic E-state index is 0.0222. The van der Waals surface area contributed by atoms with E-state index in [0.717, 1.165) is 6.54 Å². The first-order chi connectivity index (χ1) is 9.37. The van der Waals surface area contributed by atoms with Crippen molar-refractivity contribution >= 4 is 11.6 Å². The number of carbonyl (C=O) groups excluding carboxylic acids is 1. The summed E-state index contributed by atoms with van der Waals surface area (Å²) in [5.41, 5.74) is 0.0222. The van der Waals surface area contributed by atoms with Crippen LogP contribution in [0.3, 0.4) is 0 Å². The zero-order chi connectivity index (χ0) is 14.8. The smallest absolute Gasteiger partial charge is 0.404 e. The Balaban J connectivity index is 2.11. The summed E-state index contributed by atoms with van der Waals surface area (Å²) >= 11 is 0. The van der Waals surface area contributed by atoms with E-state index in [1.165, 1.54) is 24.3 Å². The second-order valence-corrected chi connectivity index (χ2v) is 4.78. The van der Waals surface area contributed by atoms with Gasteiger partial charge in [0.15, 0.2) is 5.75 Å². The first-order valence-electron chi connectivity index (χ1n) is 6.23. The number of carbonyl (C=O) groups is 1. The standard InChI is InChI=1S/C13H15F3N2O2/c1-8-6-17-7-9(8)12(19)18-10-4-2-3-5-11(10)20-13(14,15)16/h2-5,8-9,17H,6-7H2,1H3,(H,18,19). The van der Waals surface area contributed by atoms with Crippen LogP contribution in [0.2, 0.25) is 0 Å². The molecule has 1 aromatic carbocycles. The van der Waals surface area contributed by atoms with Gasteiger partial charge in [0.25, 0.3) is 0 Å². The Labute approximate surface area is 114 Å². The highest BCUT2D eigenvalue weighted by atomic mass is 19.4. The quantitative estimate of drug-likeness (QED) is 0.898. The number of anilines is 1. The van der Waals surface area contributed by atoms with Crippen molar-refractivity contribution < 1.29 is 22.7 Å². The van der Waals surface area contributed by atoms with Crippen molar-refractivity contribution in [1.29, 1.82) is 0 Å². The van der Waals surface area contributed by atoms with Crippen molar-refractivity contribution in [2.24, 2.45) is 11.8 Å². The lowest BCUT2D eigenvalue weighted by Crippen LogP contribution is -2.28. The summed E-state index contributed by atoms with van der Waals surface area (Å²) in [5.74, 6) is -0.827. The van der Waals surface area contributed by atoms with E-state index in [4.69, 9.17) is 0 Å². The molecule has 2 atom stereocenters. The second kappa shape index (κ2) is 5.70. The van der Waals surface area contributed by atoms with Crippen LogP contribution in [-0.2, 0) is 4.79 Å². The molecule has 20 heavy (non-hydrogen) atoms. The molecule has 1 aromatic rings. The Hall–Kier alpha value is -1.76. The van der Waals surface area contributed by atoms with Gasteiger partial charge in [-0.25, -0.2) is 0 Å². The lowest BCUT2D eigenvalue weighted by Gasteiger charge is -2.17. The maximum atomic E-state index is 12.3. The summed E-state index contributed by atoms with van der Waals surface area (Å²) < 4.78 is 40.7. The van der Waals surface area contributed by atoms with Gasteiger partial charge in [0.1, 0.15) is 0 Å². The number of rotatable bonds is 3. The molecule has 0 radical (unpaired) electrons. The number of halogens is 3. The normalized spacial score (nSPS) is 22.6. The van der Waals surface area contributed by atoms with Crippen LogP contribution >= 0.6 is 0 Å². The average Bonchev–Trinajstić information content (AvgIpc) is 2.76. The molecule has 1 heterocycles. The minimum Gasteiger partial charge on any atom is -0.404 e. The first kappa shape index (κ1) is 14.6. The van der Waals surface area contributed by atoms with Crippen molar-refractivity contribution in [2.75, 3.05) is 18.4 Å². The molecule has 7 heteroatoms. The van der Waals surface area contributed by atoms with Crippen LogP contribution in [0.4, 0.5) is 18.9 Å². The van der Waals surface area contributed by atoms with Crippen molar-refractivity contribution in [3.63, 3.8) is 0 Å². The molecule has 0 saturated carbocycles. The van der Waals surface area contributed by atoms with E-state index < -0.39 is 12.1 Å². The largest absolute Gasteiger partial charge is 0.573 e. The highest BCUT2D eigenvalue weighted by molar-refractivity contribution is 5.94. The number of benzene rings is 1. The lowest BCUT2D eigenvalue weighted by molar-refractivity contribution is -0.274. The van der Waals surface area contributed by atoms with Crippen molar-refractivity contribution in [2.45, 2.75) is 13.3 Å². The van der Waals surface area contributed by atoms with E-state index in [-0.39, 0.29) is 23.4 Å². The monoisotopic (exact) mass is 288 g/mol. The van der Waals surface area contributed by atoms with Gasteiger partial charge >= 0.3 is 6.36 Å². The summed E-state index contributed by atoms with van der Waals surface area (Å²) in [6, 6.07) is 5.50. The molecule has 1 fully saturated rings. The molecule has 4 nitrogen and oxygen atoms in total. The SMILES string of the molecule is CC1CNCC1C(=O)Nc1ccccc1OC(F)(F)F. The number of amides is 1. The third-order valence-electron chi connectivity index (χ3n) is 3.22. The molecule has 0 bridgehead atoms. The van der Waals surface area contributed by atoms with Gasteiger partial charge in [-0.3, -0.25) is 4.79 Å². The molecule has 1 amide bonds. The number of hydrogen-bond acceptors (Lipinski definition) is 3. The zero-order valence-electron chi connectivity index (χ0n) is 10.8. The summed E-state index contributed by atoms with van der Waals surface area (Å²) in [6.45, 7) is 3.16. The Kier molecular flexibility index (Phi) is 4.17. The van der Waals surface area contributed by atoms with Crippen molar-refractivity contribution in [3.8, 4) is 5.75 Å². The molecule has 0 aromatic heterocycles. The van der Waals surface area contributed by atoms with Gasteiger partial charge in [-0.05, 0) is 24.6 Å². The van der Waals surface area contributed by atoms with Crippen LogP contribution in [0.1, 0.15) is 6.92 Å². The Morgan fingerprint density at radius 3 is 2.65 bits per heavy atom. The van der Waals surface area contributed by atoms with Crippen molar-refractivity contribution in [3.05, 3.63) is 24.3 Å². The van der Waals surface area contributed by atoms with Gasteiger partial charge in [-0.1, -0.05) is 19.1 Å². The topological polar surface area (TPSA) is 50.4 Å². The first-order valence-corrected chi connectivity index (χ1v) is 6.23. The lowest BCUT2D eigenvalue weighted by atomic mass is 9.97. The van der Waals surface area contributed by atoms with Crippen LogP contribution in [0, 0.1) is 11.8 Å². The molecule has 1 aliphatic rings. The molecular formula is C13H15F3N2O2. The fraction of sp³-hybridized carbons (Fsp3) is 0.462. The van der Waals surface area contributed by atoms with Gasteiger partial charge in [-0.2, -0.15) is 0 Å². The number of alkyl halides is 3. The number of nitrogens with one attached hydrogen (secondary N) is 2. The van der Waals surface area contributed by atoms with Crippen LogP contribution in [-0.4, -0.2) is 25.4 Å². The zero-order valence-corrected chi connectivity index (χ0v) is 10.8. The number of para-hydroxylation sites is 2. The second-order valence-electron chi connectivity index (χ2n) is 4.78. The van der Waals surface area contributed by atoms with E-state index in [0.29, 0.717) is 6.54 Å². The summed E-state index contributed by atoms with van der Waals surface area (Å²) in [5, 5.41) is 5.57. The summed E-state index contributed by atoms with van der Waals surface area (Å²) in [7, 11) is 0. The maximum Gasteiger partial charge on any atom is 0.573 e. The van der Waals surface area contributed by atoms with E-state index in [2.05, 4.69) is 15.4 Å². The van der Waals surface area contributed by atoms with Gasteiger partial charge < -0.3 is 15.4 Å². The molecule has 110 valence electrons. The van der Waals surface area contributed by atoms with Crippen LogP contribution in [0.25, 0.3) is 0 Å². The molecule has 1 aliphatic heterocycles. The minimum atomic E-state index is -4.79. The fourth-order valence-electron chi connectivity index (χ4n) is 2.17. The van der Waals surface area contributed by atoms with Gasteiger partial charge in [-0.15, -0.1) is 13.2 Å². The molecule has 2 unspecified atom stereocenters. The van der Waals surface area contributed by atoms with E-state index in [9.17, 15) is 18.0 Å². The predicted octanol–water partition coefficient (Wildman–Crippen LogP) is 2.38. The molecule has 0 spiro atoms. The summed E-state index contributed by atoms with van der Waals surface area (Å²) in [4.78, 5) is 12.1. The van der Waals surface area contributed by atoms with Gasteiger partial charge in [0.2, 0.25) is 5.91 Å². The molecule has 2 N–H and O–H groups in total. The van der Waals surface area contributed by atoms with Crippen LogP contribution in [0.15, 0.2) is 24.3 Å². The van der Waals surface area contributed by atoms with Crippen molar-refractivity contribution in [1.82, 2.24) is 5.32 Å². The van der Waals surface area contributed by atoms with Crippen LogP contribution < -0.4 is 15.4 Å². The fourth-order valence-corrected chi connectivity index (χ4v) is 2.17. The number of ether oxygens (including phenoxy) is 1.